The van der Waals surface area contributed by atoms with Crippen LogP contribution in [0.4, 0.5) is 11.6 Å². The lowest BCUT2D eigenvalue weighted by atomic mass is 9.98. The zero-order valence-electron chi connectivity index (χ0n) is 50.9. The Kier molecular flexibility index (Phi) is 15.6. The number of anilines is 1. The second-order valence-electron chi connectivity index (χ2n) is 23.3. The Labute approximate surface area is 508 Å². The molecule has 6 bridgehead atoms. The molecule has 87 heavy (non-hydrogen) atoms. The fraction of sp³-hybridized carbons (Fsp3) is 0.347. The lowest BCUT2D eigenvalue weighted by molar-refractivity contribution is 0.144. The molecular formula is C72H76N8O6Si. The third-order valence-electron chi connectivity index (χ3n) is 17.3. The zero-order chi connectivity index (χ0) is 59.2. The van der Waals surface area contributed by atoms with Gasteiger partial charge in [-0.05, 0) is 84.3 Å². The summed E-state index contributed by atoms with van der Waals surface area (Å²) in [6, 6.07) is 42.9. The number of nitrogens with one attached hydrogen (secondary N) is 1. The van der Waals surface area contributed by atoms with Gasteiger partial charge in [0, 0.05) is 56.7 Å². The van der Waals surface area contributed by atoms with Crippen LogP contribution in [0.5, 0.6) is 23.0 Å². The van der Waals surface area contributed by atoms with Gasteiger partial charge in [-0.1, -0.05) is 177 Å². The molecule has 0 spiro atoms. The fourth-order valence-electron chi connectivity index (χ4n) is 12.8. The van der Waals surface area contributed by atoms with Crippen molar-refractivity contribution in [1.82, 2.24) is 8.47 Å². The maximum Gasteiger partial charge on any atom is 0.603 e. The van der Waals surface area contributed by atoms with Crippen molar-refractivity contribution in [1.29, 1.82) is 0 Å². The van der Waals surface area contributed by atoms with Gasteiger partial charge in [0.1, 0.15) is 51.4 Å². The third-order valence-corrected chi connectivity index (χ3v) is 20.5. The highest BCUT2D eigenvalue weighted by molar-refractivity contribution is 6.66. The molecule has 4 aliphatic rings. The van der Waals surface area contributed by atoms with Crippen molar-refractivity contribution in [2.24, 2.45) is 25.0 Å². The predicted octanol–water partition coefficient (Wildman–Crippen LogP) is 16.4. The van der Waals surface area contributed by atoms with Crippen LogP contribution in [0.15, 0.2) is 146 Å². The van der Waals surface area contributed by atoms with Crippen LogP contribution in [0.2, 0.25) is 0 Å². The highest BCUT2D eigenvalue weighted by Crippen LogP contribution is 2.51. The van der Waals surface area contributed by atoms with Gasteiger partial charge in [0.05, 0.1) is 48.3 Å². The number of amidine groups is 3. The van der Waals surface area contributed by atoms with E-state index in [0.717, 1.165) is 175 Å². The van der Waals surface area contributed by atoms with E-state index < -0.39 is 15.0 Å². The number of benzene rings is 8. The van der Waals surface area contributed by atoms with Crippen LogP contribution >= 0.6 is 0 Å². The molecule has 0 fully saturated rings. The summed E-state index contributed by atoms with van der Waals surface area (Å²) in [4.78, 5) is 29.7. The van der Waals surface area contributed by atoms with Crippen LogP contribution in [0.1, 0.15) is 147 Å². The molecule has 14 nitrogen and oxygen atoms in total. The number of ether oxygens (including phenoxy) is 4. The van der Waals surface area contributed by atoms with Crippen LogP contribution in [-0.4, -0.2) is 74.5 Å². The van der Waals surface area contributed by atoms with Crippen molar-refractivity contribution >= 4 is 103 Å². The molecule has 0 saturated heterocycles. The highest BCUT2D eigenvalue weighted by Gasteiger charge is 2.54. The quantitative estimate of drug-likeness (QED) is 0.0469. The van der Waals surface area contributed by atoms with Gasteiger partial charge < -0.3 is 33.1 Å². The lowest BCUT2D eigenvalue weighted by Crippen LogP contribution is -2.64. The van der Waals surface area contributed by atoms with E-state index in [-0.39, 0.29) is 0 Å². The molecule has 1 atom stereocenters. The van der Waals surface area contributed by atoms with E-state index in [2.05, 4.69) is 177 Å². The first-order valence-corrected chi connectivity index (χ1v) is 33.7. The van der Waals surface area contributed by atoms with E-state index in [0.29, 0.717) is 91.3 Å². The number of fused-ring (bicyclic) bond motifs is 18. The fourth-order valence-corrected chi connectivity index (χ4v) is 16.2. The molecule has 444 valence electrons. The predicted molar refractivity (Wildman–Crippen MR) is 355 cm³/mol. The van der Waals surface area contributed by atoms with Crippen molar-refractivity contribution in [3.8, 4) is 23.0 Å². The smallest absolute Gasteiger partial charge is 0.492 e. The Bertz CT molecular complexity index is 4570. The minimum Gasteiger partial charge on any atom is -0.492 e. The summed E-state index contributed by atoms with van der Waals surface area (Å²) in [5.74, 6) is 5.70. The Morgan fingerprint density at radius 1 is 0.425 bits per heavy atom. The normalized spacial score (nSPS) is 15.2. The van der Waals surface area contributed by atoms with Crippen LogP contribution in [-0.2, 0) is 8.85 Å². The first-order valence-electron chi connectivity index (χ1n) is 32.0. The summed E-state index contributed by atoms with van der Waals surface area (Å²) in [5, 5.41) is 15.3. The molecule has 0 aliphatic carbocycles. The second kappa shape index (κ2) is 24.1. The summed E-state index contributed by atoms with van der Waals surface area (Å²) >= 11 is 0. The van der Waals surface area contributed by atoms with Gasteiger partial charge in [-0.3, -0.25) is 8.47 Å². The van der Waals surface area contributed by atoms with E-state index in [4.69, 9.17) is 52.8 Å². The molecule has 6 heterocycles. The number of hydrogen-bond acceptors (Lipinski definition) is 12. The Morgan fingerprint density at radius 2 is 0.897 bits per heavy atom. The molecule has 0 amide bonds. The summed E-state index contributed by atoms with van der Waals surface area (Å²) in [6.07, 6.45) is 9.74. The minimum atomic E-state index is -4.54. The molecule has 8 aromatic carbocycles. The van der Waals surface area contributed by atoms with Gasteiger partial charge in [-0.15, -0.1) is 0 Å². The van der Waals surface area contributed by atoms with Crippen LogP contribution in [0.3, 0.4) is 0 Å². The molecule has 1 unspecified atom stereocenters. The van der Waals surface area contributed by atoms with Gasteiger partial charge in [0.25, 0.3) is 0 Å². The second-order valence-corrected chi connectivity index (χ2v) is 25.8. The summed E-state index contributed by atoms with van der Waals surface area (Å²) in [5.41, 5.74) is 4.48. The molecular weight excluding hydrogens is 1100 g/mol. The highest BCUT2D eigenvalue weighted by atomic mass is 28.4. The van der Waals surface area contributed by atoms with Gasteiger partial charge in [-0.2, -0.15) is 0 Å². The van der Waals surface area contributed by atoms with Crippen molar-refractivity contribution in [2.45, 2.75) is 125 Å². The standard InChI is InChI=1S/C72H76N8O6Si/c1-7-13-35-81-61-49-31-23-19-27-45(49)41-53-57(61)67-73-65(53)75-71-60-56(44-48-30-22-26-34-52(48)64(60)84-38-16-10-4)70-78-68-58-54(42-46-28-20-24-32-50(46)62(58)82-36-14-8-2)66(74-68)76-72-59-55(43-47-29-21-25-33-51(47)63(59)83-37-15-9-3)69(77-67)79(72)87(80(70)71,85-39-17-11-5)86-40-18-12-6/h19-34,41-44,65H,7-18,35-40H2,1-6H3,(H,73,77). The number of aliphatic imine (C=N–C) groups is 3. The monoisotopic (exact) mass is 1180 g/mol. The van der Waals surface area contributed by atoms with Crippen molar-refractivity contribution in [2.75, 3.05) is 45.0 Å². The number of aromatic nitrogens is 2. The maximum absolute atomic E-state index is 8.07. The average molecular weight is 1180 g/mol. The van der Waals surface area contributed by atoms with E-state index in [1.807, 2.05) is 0 Å². The van der Waals surface area contributed by atoms with Gasteiger partial charge in [-0.25, -0.2) is 25.0 Å². The molecule has 14 rings (SSSR count). The first kappa shape index (κ1) is 56.4. The number of nitrogens with zero attached hydrogens (tertiary/aromatic N) is 7. The van der Waals surface area contributed by atoms with E-state index in [1.54, 1.807) is 0 Å². The molecule has 4 aliphatic heterocycles. The number of hydrogen-bond donors (Lipinski definition) is 1. The summed E-state index contributed by atoms with van der Waals surface area (Å²) in [7, 11) is -4.54. The topological polar surface area (TPSA) is 139 Å². The summed E-state index contributed by atoms with van der Waals surface area (Å²) < 4.78 is 49.4. The van der Waals surface area contributed by atoms with E-state index in [1.165, 1.54) is 0 Å². The first-order chi connectivity index (χ1) is 42.9. The number of unbranched alkanes of at least 4 members (excludes halogenated alkanes) is 6. The van der Waals surface area contributed by atoms with Crippen LogP contribution in [0, 0.1) is 0 Å². The molecule has 10 aromatic rings. The molecule has 0 radical (unpaired) electrons. The van der Waals surface area contributed by atoms with Gasteiger partial charge in [0.2, 0.25) is 0 Å². The van der Waals surface area contributed by atoms with Crippen LogP contribution < -0.4 is 35.2 Å². The summed E-state index contributed by atoms with van der Waals surface area (Å²) in [6.45, 7) is 15.9. The SMILES string of the molecule is CCCCOc1c2c(cc3ccccc13)C1=Nc3c4c(OCCCC)c5ccccc5cc4c4n3[Si](OCCCC)(OCCCC)n3c(c5cc6ccccc6c(OCCCC)c5c3=NC3N=C(N4)c4c3cc3ccccc3c4OCCCC)=NC2=N1. The van der Waals surface area contributed by atoms with Gasteiger partial charge >= 0.3 is 8.88 Å². The van der Waals surface area contributed by atoms with Crippen molar-refractivity contribution in [3.05, 3.63) is 155 Å². The third kappa shape index (κ3) is 9.55. The van der Waals surface area contributed by atoms with E-state index >= 15 is 0 Å². The van der Waals surface area contributed by atoms with Crippen molar-refractivity contribution < 1.29 is 27.8 Å². The Balaban J connectivity index is 1.26. The average Bonchev–Trinajstić information content (AvgIpc) is 1.54. The zero-order valence-corrected chi connectivity index (χ0v) is 51.9. The molecule has 2 aromatic heterocycles. The van der Waals surface area contributed by atoms with Crippen molar-refractivity contribution in [3.63, 3.8) is 0 Å². The molecule has 15 heteroatoms. The maximum atomic E-state index is 8.07. The molecule has 0 saturated carbocycles. The van der Waals surface area contributed by atoms with E-state index in [9.17, 15) is 0 Å². The minimum absolute atomic E-state index is 0.350. The lowest BCUT2D eigenvalue weighted by Gasteiger charge is -2.34. The number of rotatable bonds is 24. The Hall–Kier alpha value is -8.37. The molecule has 1 N–H and O–H groups in total. The Morgan fingerprint density at radius 3 is 1.46 bits per heavy atom. The van der Waals surface area contributed by atoms with Crippen LogP contribution in [0.25, 0.3) is 64.6 Å². The van der Waals surface area contributed by atoms with Gasteiger partial charge in [0.15, 0.2) is 17.8 Å². The largest absolute Gasteiger partial charge is 0.603 e.